The van der Waals surface area contributed by atoms with Gasteiger partial charge in [0.1, 0.15) is 5.75 Å². The summed E-state index contributed by atoms with van der Waals surface area (Å²) in [5.74, 6) is 0.631. The van der Waals surface area contributed by atoms with Crippen LogP contribution < -0.4 is 10.1 Å². The molecule has 74 valence electrons. The second kappa shape index (κ2) is 3.28. The molecule has 1 N–H and O–H groups in total. The summed E-state index contributed by atoms with van der Waals surface area (Å²) < 4.78 is 6.41. The van der Waals surface area contributed by atoms with Gasteiger partial charge in [-0.2, -0.15) is 0 Å². The molecule has 3 nitrogen and oxygen atoms in total. The Balaban J connectivity index is 2.47. The minimum atomic E-state index is -0.414. The van der Waals surface area contributed by atoms with Crippen molar-refractivity contribution < 1.29 is 9.53 Å². The molecule has 4 heteroatoms. The zero-order valence-corrected chi connectivity index (χ0v) is 9.51. The Bertz CT molecular complexity index is 403. The van der Waals surface area contributed by atoms with Crippen molar-refractivity contribution >= 4 is 27.5 Å². The molecule has 2 rings (SSSR count). The molecular formula is C10H10BrNO2. The molecule has 1 atom stereocenters. The van der Waals surface area contributed by atoms with Gasteiger partial charge in [0.25, 0.3) is 5.91 Å². The fourth-order valence-electron chi connectivity index (χ4n) is 1.33. The Labute approximate surface area is 90.6 Å². The summed E-state index contributed by atoms with van der Waals surface area (Å²) in [5, 5.41) is 2.78. The van der Waals surface area contributed by atoms with Gasteiger partial charge >= 0.3 is 0 Å². The van der Waals surface area contributed by atoms with Crippen LogP contribution in [0.2, 0.25) is 0 Å². The second-order valence-corrected chi connectivity index (χ2v) is 4.20. The molecule has 1 aromatic carbocycles. The van der Waals surface area contributed by atoms with Crippen LogP contribution in [0, 0.1) is 6.92 Å². The van der Waals surface area contributed by atoms with Gasteiger partial charge in [0.15, 0.2) is 6.10 Å². The number of amides is 1. The topological polar surface area (TPSA) is 38.3 Å². The molecular weight excluding hydrogens is 246 g/mol. The number of carbonyl (C=O) groups excluding carboxylic acids is 1. The number of benzene rings is 1. The van der Waals surface area contributed by atoms with Crippen molar-refractivity contribution in [1.29, 1.82) is 0 Å². The van der Waals surface area contributed by atoms with E-state index < -0.39 is 6.10 Å². The van der Waals surface area contributed by atoms with Crippen molar-refractivity contribution in [3.63, 3.8) is 0 Å². The van der Waals surface area contributed by atoms with Crippen LogP contribution in [-0.4, -0.2) is 12.0 Å². The standard InChI is InChI=1S/C10H10BrNO2/c1-5-3-9-8(4-7(5)11)12-10(13)6(2)14-9/h3-4,6H,1-2H3,(H,12,13). The van der Waals surface area contributed by atoms with Crippen LogP contribution >= 0.6 is 15.9 Å². The normalized spacial score (nSPS) is 19.6. The number of halogens is 1. The van der Waals surface area contributed by atoms with E-state index in [9.17, 15) is 4.79 Å². The number of carbonyl (C=O) groups is 1. The molecule has 1 aromatic rings. The average molecular weight is 256 g/mol. The number of fused-ring (bicyclic) bond motifs is 1. The molecule has 1 aliphatic heterocycles. The van der Waals surface area contributed by atoms with Crippen LogP contribution in [0.3, 0.4) is 0 Å². The summed E-state index contributed by atoms with van der Waals surface area (Å²) >= 11 is 3.40. The van der Waals surface area contributed by atoms with Gasteiger partial charge in [-0.05, 0) is 31.5 Å². The fourth-order valence-corrected chi connectivity index (χ4v) is 1.67. The molecule has 0 saturated carbocycles. The molecule has 0 aromatic heterocycles. The number of rotatable bonds is 0. The van der Waals surface area contributed by atoms with Gasteiger partial charge in [0.2, 0.25) is 0 Å². The Morgan fingerprint density at radius 2 is 2.21 bits per heavy atom. The first-order valence-corrected chi connectivity index (χ1v) is 5.15. The van der Waals surface area contributed by atoms with E-state index in [1.165, 1.54) is 0 Å². The van der Waals surface area contributed by atoms with Crippen LogP contribution in [0.25, 0.3) is 0 Å². The van der Waals surface area contributed by atoms with Gasteiger partial charge in [-0.25, -0.2) is 0 Å². The van der Waals surface area contributed by atoms with Crippen LogP contribution in [-0.2, 0) is 4.79 Å². The van der Waals surface area contributed by atoms with Crippen molar-refractivity contribution in [2.45, 2.75) is 20.0 Å². The Hall–Kier alpha value is -1.03. The summed E-state index contributed by atoms with van der Waals surface area (Å²) in [6.07, 6.45) is -0.414. The highest BCUT2D eigenvalue weighted by Gasteiger charge is 2.23. The molecule has 0 saturated heterocycles. The van der Waals surface area contributed by atoms with Crippen molar-refractivity contribution in [2.75, 3.05) is 5.32 Å². The second-order valence-electron chi connectivity index (χ2n) is 3.35. The lowest BCUT2D eigenvalue weighted by atomic mass is 10.1. The highest BCUT2D eigenvalue weighted by molar-refractivity contribution is 9.10. The maximum absolute atomic E-state index is 11.3. The molecule has 0 aliphatic carbocycles. The molecule has 1 unspecified atom stereocenters. The van der Waals surface area contributed by atoms with E-state index in [-0.39, 0.29) is 5.91 Å². The van der Waals surface area contributed by atoms with E-state index in [1.807, 2.05) is 19.1 Å². The number of hydrogen-bond acceptors (Lipinski definition) is 2. The van der Waals surface area contributed by atoms with Gasteiger partial charge in [-0.1, -0.05) is 15.9 Å². The van der Waals surface area contributed by atoms with Gasteiger partial charge < -0.3 is 10.1 Å². The fraction of sp³-hybridized carbons (Fsp3) is 0.300. The summed E-state index contributed by atoms with van der Waals surface area (Å²) in [4.78, 5) is 11.3. The molecule has 14 heavy (non-hydrogen) atoms. The van der Waals surface area contributed by atoms with Gasteiger partial charge in [-0.3, -0.25) is 4.79 Å². The minimum absolute atomic E-state index is 0.103. The van der Waals surface area contributed by atoms with Crippen LogP contribution in [0.5, 0.6) is 5.75 Å². The molecule has 0 bridgehead atoms. The van der Waals surface area contributed by atoms with Gasteiger partial charge in [0.05, 0.1) is 5.69 Å². The van der Waals surface area contributed by atoms with Crippen molar-refractivity contribution in [3.8, 4) is 5.75 Å². The number of ether oxygens (including phenoxy) is 1. The predicted molar refractivity (Wildman–Crippen MR) is 57.6 cm³/mol. The quantitative estimate of drug-likeness (QED) is 0.774. The van der Waals surface area contributed by atoms with E-state index in [4.69, 9.17) is 4.74 Å². The Morgan fingerprint density at radius 3 is 2.93 bits per heavy atom. The number of anilines is 1. The SMILES string of the molecule is Cc1cc2c(cc1Br)NC(=O)C(C)O2. The molecule has 0 spiro atoms. The molecule has 0 fully saturated rings. The monoisotopic (exact) mass is 255 g/mol. The molecule has 1 heterocycles. The maximum Gasteiger partial charge on any atom is 0.265 e. The maximum atomic E-state index is 11.3. The highest BCUT2D eigenvalue weighted by Crippen LogP contribution is 2.34. The third kappa shape index (κ3) is 1.50. The van der Waals surface area contributed by atoms with E-state index in [1.54, 1.807) is 6.92 Å². The largest absolute Gasteiger partial charge is 0.479 e. The van der Waals surface area contributed by atoms with Crippen molar-refractivity contribution in [2.24, 2.45) is 0 Å². The average Bonchev–Trinajstić information content (AvgIpc) is 2.11. The first-order chi connectivity index (χ1) is 6.58. The summed E-state index contributed by atoms with van der Waals surface area (Å²) in [6.45, 7) is 3.71. The zero-order chi connectivity index (χ0) is 10.3. The molecule has 0 radical (unpaired) electrons. The van der Waals surface area contributed by atoms with Crippen molar-refractivity contribution in [3.05, 3.63) is 22.2 Å². The number of hydrogen-bond donors (Lipinski definition) is 1. The van der Waals surface area contributed by atoms with E-state index in [2.05, 4.69) is 21.2 Å². The van der Waals surface area contributed by atoms with Crippen molar-refractivity contribution in [1.82, 2.24) is 0 Å². The summed E-state index contributed by atoms with van der Waals surface area (Å²) in [6, 6.07) is 3.77. The van der Waals surface area contributed by atoms with Gasteiger partial charge in [-0.15, -0.1) is 0 Å². The lowest BCUT2D eigenvalue weighted by molar-refractivity contribution is -0.122. The van der Waals surface area contributed by atoms with Crippen LogP contribution in [0.15, 0.2) is 16.6 Å². The molecule has 1 amide bonds. The van der Waals surface area contributed by atoms with Crippen LogP contribution in [0.4, 0.5) is 5.69 Å². The zero-order valence-electron chi connectivity index (χ0n) is 7.93. The first kappa shape index (κ1) is 9.52. The Kier molecular flexibility index (Phi) is 2.23. The van der Waals surface area contributed by atoms with Gasteiger partial charge in [0, 0.05) is 4.47 Å². The third-order valence-electron chi connectivity index (χ3n) is 2.19. The predicted octanol–water partition coefficient (Wildman–Crippen LogP) is 2.48. The van der Waals surface area contributed by atoms with Crippen LogP contribution in [0.1, 0.15) is 12.5 Å². The van der Waals surface area contributed by atoms with E-state index in [0.717, 1.165) is 21.5 Å². The van der Waals surface area contributed by atoms with E-state index in [0.29, 0.717) is 0 Å². The Morgan fingerprint density at radius 1 is 1.50 bits per heavy atom. The highest BCUT2D eigenvalue weighted by atomic mass is 79.9. The summed E-state index contributed by atoms with van der Waals surface area (Å²) in [5.41, 5.74) is 1.82. The minimum Gasteiger partial charge on any atom is -0.479 e. The number of aryl methyl sites for hydroxylation is 1. The number of nitrogens with one attached hydrogen (secondary N) is 1. The first-order valence-electron chi connectivity index (χ1n) is 4.35. The summed E-state index contributed by atoms with van der Waals surface area (Å²) in [7, 11) is 0. The third-order valence-corrected chi connectivity index (χ3v) is 3.05. The lowest BCUT2D eigenvalue weighted by Gasteiger charge is -2.23. The smallest absolute Gasteiger partial charge is 0.265 e. The molecule has 1 aliphatic rings. The van der Waals surface area contributed by atoms with E-state index >= 15 is 0 Å². The lowest BCUT2D eigenvalue weighted by Crippen LogP contribution is -2.34.